The lowest BCUT2D eigenvalue weighted by atomic mass is 10.1. The highest BCUT2D eigenvalue weighted by Crippen LogP contribution is 2.27. The van der Waals surface area contributed by atoms with Gasteiger partial charge in [0, 0.05) is 17.7 Å². The molecule has 1 aliphatic heterocycles. The number of nitrogens with zero attached hydrogens (tertiary/aromatic N) is 2. The van der Waals surface area contributed by atoms with Crippen LogP contribution in [0.3, 0.4) is 0 Å². The van der Waals surface area contributed by atoms with Gasteiger partial charge in [-0.3, -0.25) is 15.5 Å². The van der Waals surface area contributed by atoms with E-state index in [1.165, 1.54) is 12.1 Å². The van der Waals surface area contributed by atoms with Crippen molar-refractivity contribution in [1.82, 2.24) is 0 Å². The zero-order chi connectivity index (χ0) is 14.8. The SMILES string of the molecule is N=C1OC(c2ccc([N+](=O)[O-])cc2)=NC1c1ccccc1. The molecule has 0 amide bonds. The van der Waals surface area contributed by atoms with Gasteiger partial charge in [0.05, 0.1) is 4.92 Å². The number of nitrogens with one attached hydrogen (secondary N) is 1. The third-order valence-corrected chi connectivity index (χ3v) is 3.14. The first-order valence-corrected chi connectivity index (χ1v) is 6.29. The van der Waals surface area contributed by atoms with Crippen LogP contribution in [0.4, 0.5) is 5.69 Å². The van der Waals surface area contributed by atoms with Gasteiger partial charge < -0.3 is 4.74 Å². The Morgan fingerprint density at radius 1 is 1.10 bits per heavy atom. The first-order valence-electron chi connectivity index (χ1n) is 6.29. The first-order chi connectivity index (χ1) is 10.1. The van der Waals surface area contributed by atoms with Crippen LogP contribution in [0.1, 0.15) is 17.2 Å². The minimum absolute atomic E-state index is 0.00651. The molecular weight excluding hydrogens is 270 g/mol. The van der Waals surface area contributed by atoms with Crippen molar-refractivity contribution in [3.05, 3.63) is 75.8 Å². The van der Waals surface area contributed by atoms with Gasteiger partial charge in [0.15, 0.2) is 6.04 Å². The molecule has 3 rings (SSSR count). The fraction of sp³-hybridized carbons (Fsp3) is 0.0667. The fourth-order valence-corrected chi connectivity index (χ4v) is 2.08. The van der Waals surface area contributed by atoms with E-state index in [4.69, 9.17) is 10.1 Å². The smallest absolute Gasteiger partial charge is 0.269 e. The van der Waals surface area contributed by atoms with E-state index in [2.05, 4.69) is 4.99 Å². The van der Waals surface area contributed by atoms with Gasteiger partial charge >= 0.3 is 0 Å². The second-order valence-electron chi connectivity index (χ2n) is 4.52. The Morgan fingerprint density at radius 2 is 1.76 bits per heavy atom. The summed E-state index contributed by atoms with van der Waals surface area (Å²) in [6.07, 6.45) is 0. The summed E-state index contributed by atoms with van der Waals surface area (Å²) in [6, 6.07) is 14.9. The zero-order valence-electron chi connectivity index (χ0n) is 10.9. The normalized spacial score (nSPS) is 17.2. The van der Waals surface area contributed by atoms with Crippen LogP contribution in [0.5, 0.6) is 0 Å². The van der Waals surface area contributed by atoms with Crippen LogP contribution >= 0.6 is 0 Å². The summed E-state index contributed by atoms with van der Waals surface area (Å²) >= 11 is 0. The average molecular weight is 281 g/mol. The quantitative estimate of drug-likeness (QED) is 0.692. The molecule has 0 aromatic heterocycles. The standard InChI is InChI=1S/C15H11N3O3/c16-14-13(10-4-2-1-3-5-10)17-15(21-14)11-6-8-12(9-7-11)18(19)20/h1-9,13,16H. The van der Waals surface area contributed by atoms with Crippen LogP contribution < -0.4 is 0 Å². The Hall–Kier alpha value is -3.02. The van der Waals surface area contributed by atoms with Gasteiger partial charge in [0.2, 0.25) is 11.8 Å². The van der Waals surface area contributed by atoms with E-state index in [0.29, 0.717) is 11.5 Å². The first kappa shape index (κ1) is 13.0. The maximum atomic E-state index is 10.6. The molecule has 1 N–H and O–H groups in total. The Labute approximate surface area is 120 Å². The number of ether oxygens (including phenoxy) is 1. The van der Waals surface area contributed by atoms with E-state index in [9.17, 15) is 10.1 Å². The van der Waals surface area contributed by atoms with Crippen LogP contribution in [0, 0.1) is 15.5 Å². The van der Waals surface area contributed by atoms with Crippen LogP contribution in [0.25, 0.3) is 0 Å². The fourth-order valence-electron chi connectivity index (χ4n) is 2.08. The molecule has 1 atom stereocenters. The molecule has 0 bridgehead atoms. The summed E-state index contributed by atoms with van der Waals surface area (Å²) < 4.78 is 5.38. The second kappa shape index (κ2) is 5.16. The molecule has 1 heterocycles. The summed E-state index contributed by atoms with van der Waals surface area (Å²) in [4.78, 5) is 14.6. The number of aliphatic imine (C=N–C) groups is 1. The van der Waals surface area contributed by atoms with Crippen LogP contribution in [-0.4, -0.2) is 16.7 Å². The molecule has 2 aromatic rings. The lowest BCUT2D eigenvalue weighted by molar-refractivity contribution is -0.384. The molecule has 0 fully saturated rings. The summed E-state index contributed by atoms with van der Waals surface area (Å²) in [5.41, 5.74) is 1.50. The van der Waals surface area contributed by atoms with E-state index in [1.807, 2.05) is 30.3 Å². The summed E-state index contributed by atoms with van der Waals surface area (Å²) in [5, 5.41) is 18.5. The lowest BCUT2D eigenvalue weighted by Crippen LogP contribution is -2.08. The van der Waals surface area contributed by atoms with Crippen molar-refractivity contribution in [3.63, 3.8) is 0 Å². The molecule has 6 nitrogen and oxygen atoms in total. The topological polar surface area (TPSA) is 88.6 Å². The molecule has 2 aromatic carbocycles. The van der Waals surface area contributed by atoms with Crippen LogP contribution in [-0.2, 0) is 4.74 Å². The summed E-state index contributed by atoms with van der Waals surface area (Å²) in [5.74, 6) is 0.360. The number of hydrogen-bond acceptors (Lipinski definition) is 5. The average Bonchev–Trinajstić information content (AvgIpc) is 2.90. The van der Waals surface area contributed by atoms with Crippen molar-refractivity contribution in [3.8, 4) is 0 Å². The molecule has 1 aliphatic rings. The van der Waals surface area contributed by atoms with Crippen molar-refractivity contribution < 1.29 is 9.66 Å². The third-order valence-electron chi connectivity index (χ3n) is 3.14. The van der Waals surface area contributed by atoms with E-state index in [-0.39, 0.29) is 11.6 Å². The predicted octanol–water partition coefficient (Wildman–Crippen LogP) is 3.09. The highest BCUT2D eigenvalue weighted by atomic mass is 16.6. The monoisotopic (exact) mass is 281 g/mol. The van der Waals surface area contributed by atoms with Crippen LogP contribution in [0.15, 0.2) is 59.6 Å². The number of benzene rings is 2. The zero-order valence-corrected chi connectivity index (χ0v) is 10.9. The number of rotatable bonds is 3. The van der Waals surface area contributed by atoms with Crippen molar-refractivity contribution in [2.24, 2.45) is 4.99 Å². The van der Waals surface area contributed by atoms with Crippen molar-refractivity contribution in [2.45, 2.75) is 6.04 Å². The van der Waals surface area contributed by atoms with Crippen LogP contribution in [0.2, 0.25) is 0 Å². The Balaban J connectivity index is 1.90. The van der Waals surface area contributed by atoms with Gasteiger partial charge in [-0.15, -0.1) is 0 Å². The number of nitro groups is 1. The number of non-ortho nitro benzene ring substituents is 1. The second-order valence-corrected chi connectivity index (χ2v) is 4.52. The molecule has 21 heavy (non-hydrogen) atoms. The van der Waals surface area contributed by atoms with Crippen molar-refractivity contribution in [1.29, 1.82) is 5.41 Å². The van der Waals surface area contributed by atoms with Crippen molar-refractivity contribution in [2.75, 3.05) is 0 Å². The number of hydrogen-bond donors (Lipinski definition) is 1. The van der Waals surface area contributed by atoms with Gasteiger partial charge in [0.1, 0.15) is 0 Å². The van der Waals surface area contributed by atoms with Gasteiger partial charge in [-0.25, -0.2) is 4.99 Å². The third kappa shape index (κ3) is 2.51. The molecule has 6 heteroatoms. The molecule has 0 saturated heterocycles. The Kier molecular flexibility index (Phi) is 3.19. The molecular formula is C15H11N3O3. The molecule has 0 aliphatic carbocycles. The van der Waals surface area contributed by atoms with E-state index < -0.39 is 11.0 Å². The highest BCUT2D eigenvalue weighted by Gasteiger charge is 2.28. The predicted molar refractivity (Wildman–Crippen MR) is 77.6 cm³/mol. The Bertz CT molecular complexity index is 724. The van der Waals surface area contributed by atoms with Gasteiger partial charge in [-0.1, -0.05) is 30.3 Å². The lowest BCUT2D eigenvalue weighted by Gasteiger charge is -2.04. The van der Waals surface area contributed by atoms with Gasteiger partial charge in [-0.05, 0) is 17.7 Å². The maximum absolute atomic E-state index is 10.6. The minimum atomic E-state index is -0.462. The molecule has 104 valence electrons. The largest absolute Gasteiger partial charge is 0.422 e. The minimum Gasteiger partial charge on any atom is -0.422 e. The molecule has 0 saturated carbocycles. The van der Waals surface area contributed by atoms with E-state index in [1.54, 1.807) is 12.1 Å². The van der Waals surface area contributed by atoms with Crippen molar-refractivity contribution >= 4 is 17.5 Å². The molecule has 0 spiro atoms. The summed E-state index contributed by atoms with van der Waals surface area (Å²) in [7, 11) is 0. The molecule has 0 radical (unpaired) electrons. The highest BCUT2D eigenvalue weighted by molar-refractivity contribution is 6.07. The van der Waals surface area contributed by atoms with E-state index >= 15 is 0 Å². The van der Waals surface area contributed by atoms with Gasteiger partial charge in [0.25, 0.3) is 5.69 Å². The van der Waals surface area contributed by atoms with Gasteiger partial charge in [-0.2, -0.15) is 0 Å². The summed E-state index contributed by atoms with van der Waals surface area (Å²) in [6.45, 7) is 0. The maximum Gasteiger partial charge on any atom is 0.269 e. The Morgan fingerprint density at radius 3 is 2.38 bits per heavy atom. The number of nitro benzene ring substituents is 1. The van der Waals surface area contributed by atoms with E-state index in [0.717, 1.165) is 5.56 Å². The molecule has 1 unspecified atom stereocenters.